The van der Waals surface area contributed by atoms with E-state index in [0.29, 0.717) is 5.92 Å². The first-order valence-electron chi connectivity index (χ1n) is 11.6. The van der Waals surface area contributed by atoms with Crippen molar-refractivity contribution in [2.24, 2.45) is 0 Å². The van der Waals surface area contributed by atoms with E-state index in [0.717, 1.165) is 12.2 Å². The number of hydrogen-bond acceptors (Lipinski definition) is 1. The molecule has 1 nitrogen and oxygen atoms in total. The maximum absolute atomic E-state index is 7.38. The summed E-state index contributed by atoms with van der Waals surface area (Å²) >= 11 is 1.52. The van der Waals surface area contributed by atoms with Crippen LogP contribution >= 0.6 is 0 Å². The standard InChI is InChI=1S/C30H29OSi.2ClH.Zr/c1-30(2,3)32(24-15-6-4-7-16-24,25-17-8-5-9-18-25)31-29-20-12-19-27-26(21-22-28(27)29)23-13-10-11-14-23;;;/h4-10,12-13,15-22,26H,11H2,1-3H3;2*1H;/q;;;+2/p-2. The number of fused-ring (bicyclic) bond motifs is 1. The van der Waals surface area contributed by atoms with Gasteiger partial charge in [-0.15, -0.1) is 0 Å². The van der Waals surface area contributed by atoms with Crippen molar-refractivity contribution in [1.82, 2.24) is 0 Å². The van der Waals surface area contributed by atoms with Crippen molar-refractivity contribution in [3.63, 3.8) is 0 Å². The van der Waals surface area contributed by atoms with Crippen molar-refractivity contribution in [2.45, 2.75) is 38.1 Å². The first-order valence-corrected chi connectivity index (χ1v) is 14.8. The Morgan fingerprint density at radius 3 is 1.91 bits per heavy atom. The van der Waals surface area contributed by atoms with Gasteiger partial charge in [0, 0.05) is 0 Å². The van der Waals surface area contributed by atoms with Gasteiger partial charge in [-0.25, -0.2) is 0 Å². The van der Waals surface area contributed by atoms with Gasteiger partial charge in [0.1, 0.15) is 0 Å². The predicted octanol–water partition coefficient (Wildman–Crippen LogP) is 0.505. The number of rotatable bonds is 5. The summed E-state index contributed by atoms with van der Waals surface area (Å²) < 4.78 is 8.94. The molecule has 177 valence electrons. The second-order valence-electron chi connectivity index (χ2n) is 9.90. The third-order valence-corrected chi connectivity index (χ3v) is 13.0. The van der Waals surface area contributed by atoms with Gasteiger partial charge in [-0.3, -0.25) is 0 Å². The van der Waals surface area contributed by atoms with E-state index < -0.39 is 8.32 Å². The Morgan fingerprint density at radius 2 is 1.40 bits per heavy atom. The van der Waals surface area contributed by atoms with Crippen LogP contribution in [-0.4, -0.2) is 8.32 Å². The number of allylic oxidation sites excluding steroid dienone is 5. The van der Waals surface area contributed by atoms with Crippen LogP contribution in [0.4, 0.5) is 0 Å². The van der Waals surface area contributed by atoms with E-state index in [1.54, 1.807) is 3.28 Å². The molecule has 0 bridgehead atoms. The van der Waals surface area contributed by atoms with Crippen molar-refractivity contribution in [3.05, 3.63) is 117 Å². The van der Waals surface area contributed by atoms with Crippen molar-refractivity contribution in [1.29, 1.82) is 0 Å². The molecule has 0 radical (unpaired) electrons. The van der Waals surface area contributed by atoms with Crippen LogP contribution in [0.15, 0.2) is 106 Å². The van der Waals surface area contributed by atoms with Crippen LogP contribution in [0.3, 0.4) is 0 Å². The Labute approximate surface area is 238 Å². The van der Waals surface area contributed by atoms with E-state index in [2.05, 4.69) is 124 Å². The topological polar surface area (TPSA) is 9.23 Å². The zero-order valence-corrected chi connectivity index (χ0v) is 25.2. The zero-order valence-electron chi connectivity index (χ0n) is 20.3. The quantitative estimate of drug-likeness (QED) is 0.391. The van der Waals surface area contributed by atoms with E-state index in [-0.39, 0.29) is 29.9 Å². The average molecular weight is 596 g/mol. The summed E-state index contributed by atoms with van der Waals surface area (Å²) in [5, 5.41) is 2.55. The molecular formula is C30H29Cl2OSiZr. The minimum Gasteiger partial charge on any atom is -1.00 e. The smallest absolute Gasteiger partial charge is 1.00 e. The molecule has 0 aromatic heterocycles. The minimum atomic E-state index is -2.66. The molecule has 0 aliphatic heterocycles. The van der Waals surface area contributed by atoms with Crippen LogP contribution in [0.5, 0.6) is 5.75 Å². The summed E-state index contributed by atoms with van der Waals surface area (Å²) in [5.74, 6) is 1.35. The Kier molecular flexibility index (Phi) is 8.92. The van der Waals surface area contributed by atoms with Crippen molar-refractivity contribution in [2.75, 3.05) is 0 Å². The summed E-state index contributed by atoms with van der Waals surface area (Å²) in [6.45, 7) is 7.00. The SMILES string of the molecule is CC(C)(C)[Si](Oc1cccc2c1C=CC2C1=[C]([Zr+2])CC=C1)(c1ccccc1)c1ccccc1.[Cl-].[Cl-]. The summed E-state index contributed by atoms with van der Waals surface area (Å²) in [6.07, 6.45) is 10.4. The largest absolute Gasteiger partial charge is 1.00 e. The normalized spacial score (nSPS) is 16.5. The molecule has 0 saturated carbocycles. The van der Waals surface area contributed by atoms with Gasteiger partial charge in [-0.1, -0.05) is 0 Å². The molecule has 5 rings (SSSR count). The van der Waals surface area contributed by atoms with Crippen LogP contribution < -0.4 is 39.6 Å². The summed E-state index contributed by atoms with van der Waals surface area (Å²) in [5.41, 5.74) is 4.09. The molecule has 0 saturated heterocycles. The third kappa shape index (κ3) is 4.98. The number of halogens is 2. The second-order valence-corrected chi connectivity index (χ2v) is 15.6. The molecule has 5 heteroatoms. The predicted molar refractivity (Wildman–Crippen MR) is 137 cm³/mol. The van der Waals surface area contributed by atoms with Gasteiger partial charge in [0.15, 0.2) is 0 Å². The summed E-state index contributed by atoms with van der Waals surface area (Å²) in [7, 11) is -2.66. The minimum absolute atomic E-state index is 0. The van der Waals surface area contributed by atoms with Gasteiger partial charge in [0.05, 0.1) is 0 Å². The summed E-state index contributed by atoms with van der Waals surface area (Å²) in [6, 6.07) is 28.4. The van der Waals surface area contributed by atoms with E-state index in [4.69, 9.17) is 4.43 Å². The zero-order chi connectivity index (χ0) is 23.1. The fourth-order valence-corrected chi connectivity index (χ4v) is 10.6. The Balaban J connectivity index is 0.00000171. The van der Waals surface area contributed by atoms with Crippen LogP contribution in [-0.2, 0) is 24.7 Å². The van der Waals surface area contributed by atoms with Crippen LogP contribution in [0.1, 0.15) is 44.2 Å². The third-order valence-electron chi connectivity index (χ3n) is 6.87. The van der Waals surface area contributed by atoms with E-state index in [1.807, 2.05) is 0 Å². The van der Waals surface area contributed by atoms with E-state index in [1.165, 1.54) is 51.8 Å². The molecule has 1 atom stereocenters. The van der Waals surface area contributed by atoms with Crippen LogP contribution in [0.2, 0.25) is 5.04 Å². The number of hydrogen-bond donors (Lipinski definition) is 0. The monoisotopic (exact) mass is 593 g/mol. The first kappa shape index (κ1) is 27.9. The Hall–Kier alpha value is -1.64. The molecule has 0 amide bonds. The molecule has 0 fully saturated rings. The summed E-state index contributed by atoms with van der Waals surface area (Å²) in [4.78, 5) is 0. The molecule has 0 N–H and O–H groups in total. The van der Waals surface area contributed by atoms with Gasteiger partial charge >= 0.3 is 215 Å². The molecule has 0 heterocycles. The van der Waals surface area contributed by atoms with E-state index >= 15 is 0 Å². The van der Waals surface area contributed by atoms with Gasteiger partial charge in [0.25, 0.3) is 0 Å². The second kappa shape index (κ2) is 11.2. The fourth-order valence-electron chi connectivity index (χ4n) is 5.29. The van der Waals surface area contributed by atoms with Crippen molar-refractivity contribution < 1.29 is 54.0 Å². The van der Waals surface area contributed by atoms with Gasteiger partial charge in [0.2, 0.25) is 0 Å². The molecule has 2 aliphatic carbocycles. The molecule has 2 aliphatic rings. The Bertz CT molecular complexity index is 1220. The average Bonchev–Trinajstić information content (AvgIpc) is 3.44. The van der Waals surface area contributed by atoms with Crippen molar-refractivity contribution >= 4 is 24.8 Å². The molecule has 1 unspecified atom stereocenters. The van der Waals surface area contributed by atoms with Crippen molar-refractivity contribution in [3.8, 4) is 5.75 Å². The Morgan fingerprint density at radius 1 is 0.800 bits per heavy atom. The van der Waals surface area contributed by atoms with Gasteiger partial charge in [-0.2, -0.15) is 0 Å². The molecule has 35 heavy (non-hydrogen) atoms. The molecular weight excluding hydrogens is 567 g/mol. The maximum Gasteiger partial charge on any atom is -1.00 e. The number of benzene rings is 3. The molecule has 3 aromatic rings. The molecule has 0 spiro atoms. The van der Waals surface area contributed by atoms with Gasteiger partial charge < -0.3 is 24.8 Å². The van der Waals surface area contributed by atoms with Gasteiger partial charge in [-0.05, 0) is 0 Å². The fraction of sp³-hybridized carbons (Fsp3) is 0.200. The van der Waals surface area contributed by atoms with E-state index in [9.17, 15) is 0 Å². The van der Waals surface area contributed by atoms with Crippen LogP contribution in [0, 0.1) is 0 Å². The molecule has 3 aromatic carbocycles. The first-order chi connectivity index (χ1) is 15.9. The van der Waals surface area contributed by atoms with Crippen LogP contribution in [0.25, 0.3) is 6.08 Å². The maximum atomic E-state index is 7.38.